The van der Waals surface area contributed by atoms with Crippen molar-refractivity contribution >= 4 is 0 Å². The Morgan fingerprint density at radius 2 is 2.50 bits per heavy atom. The van der Waals surface area contributed by atoms with Gasteiger partial charge in [0.15, 0.2) is 0 Å². The molecule has 1 aliphatic rings. The molecule has 1 aromatic rings. The van der Waals surface area contributed by atoms with Crippen LogP contribution in [0.25, 0.3) is 0 Å². The number of nitrogens with two attached hydrogens (primary N) is 1. The summed E-state index contributed by atoms with van der Waals surface area (Å²) in [5, 5.41) is 0. The number of aromatic amines is 1. The second-order valence-electron chi connectivity index (χ2n) is 4.08. The van der Waals surface area contributed by atoms with Gasteiger partial charge >= 0.3 is 0 Å². The smallest absolute Gasteiger partial charge is 0.0514 e. The highest BCUT2D eigenvalue weighted by Crippen LogP contribution is 2.30. The van der Waals surface area contributed by atoms with Gasteiger partial charge in [0.1, 0.15) is 0 Å². The number of H-pyrrole nitrogens is 1. The maximum absolute atomic E-state index is 6.14. The fourth-order valence-corrected chi connectivity index (χ4v) is 2.40. The molecule has 0 radical (unpaired) electrons. The van der Waals surface area contributed by atoms with Crippen molar-refractivity contribution in [3.05, 3.63) is 24.0 Å². The summed E-state index contributed by atoms with van der Waals surface area (Å²) in [5.41, 5.74) is 7.47. The first-order valence-corrected chi connectivity index (χ1v) is 5.45. The molecule has 3 nitrogen and oxygen atoms in total. The molecule has 0 unspecified atom stereocenters. The van der Waals surface area contributed by atoms with Crippen molar-refractivity contribution in [3.63, 3.8) is 0 Å². The lowest BCUT2D eigenvalue weighted by molar-refractivity contribution is 0.248. The molecule has 2 rings (SSSR count). The van der Waals surface area contributed by atoms with E-state index in [1.165, 1.54) is 12.0 Å². The number of rotatable bonds is 3. The Balaban J connectivity index is 2.13. The Morgan fingerprint density at radius 1 is 1.64 bits per heavy atom. The van der Waals surface area contributed by atoms with E-state index in [0.717, 1.165) is 19.5 Å². The van der Waals surface area contributed by atoms with Crippen LogP contribution in [0, 0.1) is 0 Å². The number of likely N-dealkylation sites (tertiary alicyclic amines) is 1. The van der Waals surface area contributed by atoms with Crippen molar-refractivity contribution in [1.29, 1.82) is 0 Å². The predicted octanol–water partition coefficient (Wildman–Crippen LogP) is 1.50. The van der Waals surface area contributed by atoms with Gasteiger partial charge in [0, 0.05) is 25.0 Å². The molecule has 0 amide bonds. The molecule has 0 aliphatic carbocycles. The minimum Gasteiger partial charge on any atom is -0.367 e. The fourth-order valence-electron chi connectivity index (χ4n) is 2.40. The van der Waals surface area contributed by atoms with Crippen molar-refractivity contribution in [2.45, 2.75) is 31.8 Å². The summed E-state index contributed by atoms with van der Waals surface area (Å²) in [6.45, 7) is 4.52. The lowest BCUT2D eigenvalue weighted by Gasteiger charge is -2.25. The Hall–Kier alpha value is -0.800. The molecule has 1 saturated heterocycles. The van der Waals surface area contributed by atoms with Crippen LogP contribution in [0.4, 0.5) is 0 Å². The maximum Gasteiger partial charge on any atom is 0.0514 e. The monoisotopic (exact) mass is 193 g/mol. The highest BCUT2D eigenvalue weighted by atomic mass is 15.2. The summed E-state index contributed by atoms with van der Waals surface area (Å²) >= 11 is 0. The van der Waals surface area contributed by atoms with Crippen molar-refractivity contribution in [2.75, 3.05) is 13.1 Å². The zero-order valence-electron chi connectivity index (χ0n) is 8.74. The van der Waals surface area contributed by atoms with Gasteiger partial charge in [-0.05, 0) is 31.0 Å². The van der Waals surface area contributed by atoms with E-state index in [9.17, 15) is 0 Å². The Morgan fingerprint density at radius 3 is 3.14 bits per heavy atom. The summed E-state index contributed by atoms with van der Waals surface area (Å²) < 4.78 is 0. The van der Waals surface area contributed by atoms with Crippen LogP contribution in [0.2, 0.25) is 0 Å². The molecule has 0 aromatic carbocycles. The predicted molar refractivity (Wildman–Crippen MR) is 58.0 cm³/mol. The molecule has 1 aliphatic heterocycles. The molecule has 1 aromatic heterocycles. The van der Waals surface area contributed by atoms with Crippen molar-refractivity contribution in [3.8, 4) is 0 Å². The summed E-state index contributed by atoms with van der Waals surface area (Å²) in [6, 6.07) is 2.87. The molecule has 1 fully saturated rings. The highest BCUT2D eigenvalue weighted by molar-refractivity contribution is 5.18. The van der Waals surface area contributed by atoms with Crippen LogP contribution in [0.5, 0.6) is 0 Å². The van der Waals surface area contributed by atoms with Crippen LogP contribution >= 0.6 is 0 Å². The molecule has 78 valence electrons. The van der Waals surface area contributed by atoms with Crippen LogP contribution < -0.4 is 5.73 Å². The third-order valence-corrected chi connectivity index (χ3v) is 3.02. The number of nitrogens with zero attached hydrogens (tertiary/aromatic N) is 1. The molecule has 14 heavy (non-hydrogen) atoms. The van der Waals surface area contributed by atoms with Gasteiger partial charge < -0.3 is 10.7 Å². The lowest BCUT2D eigenvalue weighted by Crippen LogP contribution is -2.31. The highest BCUT2D eigenvalue weighted by Gasteiger charge is 2.32. The van der Waals surface area contributed by atoms with Crippen molar-refractivity contribution in [2.24, 2.45) is 5.73 Å². The average Bonchev–Trinajstić information content (AvgIpc) is 2.76. The Labute approximate surface area is 85.3 Å². The second-order valence-corrected chi connectivity index (χ2v) is 4.08. The van der Waals surface area contributed by atoms with Gasteiger partial charge in [-0.15, -0.1) is 0 Å². The van der Waals surface area contributed by atoms with Gasteiger partial charge in [0.25, 0.3) is 0 Å². The molecule has 3 heteroatoms. The number of hydrogen-bond donors (Lipinski definition) is 2. The van der Waals surface area contributed by atoms with Gasteiger partial charge in [-0.1, -0.05) is 6.92 Å². The number of aromatic nitrogens is 1. The van der Waals surface area contributed by atoms with E-state index in [0.29, 0.717) is 12.1 Å². The topological polar surface area (TPSA) is 45.0 Å². The first-order chi connectivity index (χ1) is 6.83. The molecular formula is C11H19N3. The largest absolute Gasteiger partial charge is 0.367 e. The van der Waals surface area contributed by atoms with Crippen LogP contribution in [0.15, 0.2) is 18.5 Å². The van der Waals surface area contributed by atoms with E-state index in [1.54, 1.807) is 0 Å². The van der Waals surface area contributed by atoms with E-state index in [1.807, 2.05) is 6.20 Å². The van der Waals surface area contributed by atoms with Crippen LogP contribution in [-0.2, 0) is 0 Å². The van der Waals surface area contributed by atoms with E-state index in [4.69, 9.17) is 5.73 Å². The molecule has 2 heterocycles. The maximum atomic E-state index is 6.14. The molecule has 0 spiro atoms. The van der Waals surface area contributed by atoms with Crippen molar-refractivity contribution in [1.82, 2.24) is 9.88 Å². The number of nitrogens with one attached hydrogen (secondary N) is 1. The van der Waals surface area contributed by atoms with Gasteiger partial charge in [-0.3, -0.25) is 4.90 Å². The molecule has 0 bridgehead atoms. The van der Waals surface area contributed by atoms with E-state index in [-0.39, 0.29) is 0 Å². The summed E-state index contributed by atoms with van der Waals surface area (Å²) in [6.07, 6.45) is 6.37. The Kier molecular flexibility index (Phi) is 2.89. The lowest BCUT2D eigenvalue weighted by atomic mass is 10.0. The minimum absolute atomic E-state index is 0.303. The van der Waals surface area contributed by atoms with Crippen LogP contribution in [0.1, 0.15) is 31.4 Å². The molecule has 2 atom stereocenters. The molecular weight excluding hydrogens is 174 g/mol. The second kappa shape index (κ2) is 4.15. The fraction of sp³-hybridized carbons (Fsp3) is 0.636. The van der Waals surface area contributed by atoms with Gasteiger partial charge in [0.05, 0.1) is 6.04 Å². The van der Waals surface area contributed by atoms with Gasteiger partial charge in [0.2, 0.25) is 0 Å². The zero-order valence-corrected chi connectivity index (χ0v) is 8.74. The third-order valence-electron chi connectivity index (χ3n) is 3.02. The van der Waals surface area contributed by atoms with E-state index in [2.05, 4.69) is 29.1 Å². The normalized spacial score (nSPS) is 28.4. The third kappa shape index (κ3) is 1.70. The van der Waals surface area contributed by atoms with E-state index < -0.39 is 0 Å². The summed E-state index contributed by atoms with van der Waals surface area (Å²) in [5.74, 6) is 0. The van der Waals surface area contributed by atoms with Gasteiger partial charge in [-0.2, -0.15) is 0 Å². The molecule has 0 saturated carbocycles. The SMILES string of the molecule is CCCN1CC[C@@H](N)[C@@H]1c1cc[nH]c1. The quantitative estimate of drug-likeness (QED) is 0.764. The van der Waals surface area contributed by atoms with Crippen LogP contribution in [0.3, 0.4) is 0 Å². The first kappa shape index (κ1) is 9.74. The standard InChI is InChI=1S/C11H19N3/c1-2-6-14-7-4-10(12)11(14)9-3-5-13-8-9/h3,5,8,10-11,13H,2,4,6-7,12H2,1H3/t10-,11+/m1/s1. The molecule has 3 N–H and O–H groups in total. The first-order valence-electron chi connectivity index (χ1n) is 5.45. The minimum atomic E-state index is 0.303. The van der Waals surface area contributed by atoms with Crippen LogP contribution in [-0.4, -0.2) is 29.0 Å². The average molecular weight is 193 g/mol. The zero-order chi connectivity index (χ0) is 9.97. The van der Waals surface area contributed by atoms with Gasteiger partial charge in [-0.25, -0.2) is 0 Å². The Bertz CT molecular complexity index is 266. The summed E-state index contributed by atoms with van der Waals surface area (Å²) in [4.78, 5) is 5.60. The summed E-state index contributed by atoms with van der Waals surface area (Å²) in [7, 11) is 0. The number of hydrogen-bond acceptors (Lipinski definition) is 2. The van der Waals surface area contributed by atoms with E-state index >= 15 is 0 Å². The van der Waals surface area contributed by atoms with Crippen molar-refractivity contribution < 1.29 is 0 Å².